The molecule has 14 heavy (non-hydrogen) atoms. The predicted octanol–water partition coefficient (Wildman–Crippen LogP) is 2.60. The first-order chi connectivity index (χ1) is 6.77. The molecule has 0 saturated heterocycles. The topological polar surface area (TPSA) is 41.6 Å². The van der Waals surface area contributed by atoms with E-state index in [1.807, 2.05) is 18.5 Å². The Morgan fingerprint density at radius 3 is 2.57 bits per heavy atom. The smallest absolute Gasteiger partial charge is 0.0733 e. The lowest BCUT2D eigenvalue weighted by molar-refractivity contribution is 0.859. The lowest BCUT2D eigenvalue weighted by atomic mass is 10.1. The summed E-state index contributed by atoms with van der Waals surface area (Å²) in [5.74, 6) is 0.529. The van der Waals surface area contributed by atoms with Crippen LogP contribution in [0.15, 0.2) is 30.7 Å². The van der Waals surface area contributed by atoms with Gasteiger partial charge in [0.1, 0.15) is 0 Å². The standard InChI is InChI=1S/C11H13N3/c1-8(2)9-3-4-11(12-5-9)10-6-13-14-7-10/h3-8H,1-2H3,(H,13,14). The highest BCUT2D eigenvalue weighted by atomic mass is 15.1. The quantitative estimate of drug-likeness (QED) is 0.785. The molecule has 0 aromatic carbocycles. The van der Waals surface area contributed by atoms with Crippen LogP contribution in [0.1, 0.15) is 25.3 Å². The Kier molecular flexibility index (Phi) is 2.31. The monoisotopic (exact) mass is 187 g/mol. The maximum atomic E-state index is 4.38. The molecule has 72 valence electrons. The van der Waals surface area contributed by atoms with Crippen molar-refractivity contribution in [3.8, 4) is 11.3 Å². The van der Waals surface area contributed by atoms with E-state index in [0.717, 1.165) is 11.3 Å². The van der Waals surface area contributed by atoms with Gasteiger partial charge in [0.2, 0.25) is 0 Å². The minimum Gasteiger partial charge on any atom is -0.285 e. The van der Waals surface area contributed by atoms with Gasteiger partial charge in [-0.05, 0) is 17.5 Å². The van der Waals surface area contributed by atoms with E-state index in [1.54, 1.807) is 6.20 Å². The van der Waals surface area contributed by atoms with Gasteiger partial charge < -0.3 is 0 Å². The largest absolute Gasteiger partial charge is 0.285 e. The lowest BCUT2D eigenvalue weighted by Gasteiger charge is -2.04. The minimum atomic E-state index is 0.529. The molecule has 2 rings (SSSR count). The highest BCUT2D eigenvalue weighted by molar-refractivity contribution is 5.56. The Labute approximate surface area is 83.2 Å². The molecule has 1 N–H and O–H groups in total. The Balaban J connectivity index is 2.31. The van der Waals surface area contributed by atoms with E-state index in [1.165, 1.54) is 5.56 Å². The van der Waals surface area contributed by atoms with Gasteiger partial charge in [-0.25, -0.2) is 0 Å². The zero-order chi connectivity index (χ0) is 9.97. The zero-order valence-electron chi connectivity index (χ0n) is 8.36. The molecule has 2 aromatic heterocycles. The molecule has 0 amide bonds. The van der Waals surface area contributed by atoms with Crippen molar-refractivity contribution in [3.63, 3.8) is 0 Å². The fourth-order valence-electron chi connectivity index (χ4n) is 1.31. The average Bonchev–Trinajstić information content (AvgIpc) is 2.71. The minimum absolute atomic E-state index is 0.529. The third kappa shape index (κ3) is 1.66. The van der Waals surface area contributed by atoms with Crippen LogP contribution < -0.4 is 0 Å². The van der Waals surface area contributed by atoms with Gasteiger partial charge >= 0.3 is 0 Å². The molecular formula is C11H13N3. The number of aromatic nitrogens is 3. The summed E-state index contributed by atoms with van der Waals surface area (Å²) in [6.45, 7) is 4.32. The van der Waals surface area contributed by atoms with Crippen molar-refractivity contribution in [3.05, 3.63) is 36.3 Å². The second kappa shape index (κ2) is 3.62. The van der Waals surface area contributed by atoms with Gasteiger partial charge in [0.25, 0.3) is 0 Å². The summed E-state index contributed by atoms with van der Waals surface area (Å²) in [5, 5.41) is 6.67. The van der Waals surface area contributed by atoms with Crippen molar-refractivity contribution in [2.24, 2.45) is 0 Å². The number of H-pyrrole nitrogens is 1. The zero-order valence-corrected chi connectivity index (χ0v) is 8.36. The van der Waals surface area contributed by atoms with Crippen LogP contribution >= 0.6 is 0 Å². The van der Waals surface area contributed by atoms with Crippen molar-refractivity contribution in [1.29, 1.82) is 0 Å². The SMILES string of the molecule is CC(C)c1ccc(-c2cn[nH]c2)nc1. The van der Waals surface area contributed by atoms with Crippen LogP contribution in [0.25, 0.3) is 11.3 Å². The lowest BCUT2D eigenvalue weighted by Crippen LogP contribution is -1.89. The molecule has 0 atom stereocenters. The summed E-state index contributed by atoms with van der Waals surface area (Å²) in [4.78, 5) is 4.38. The Morgan fingerprint density at radius 1 is 1.21 bits per heavy atom. The van der Waals surface area contributed by atoms with E-state index >= 15 is 0 Å². The van der Waals surface area contributed by atoms with Crippen molar-refractivity contribution >= 4 is 0 Å². The molecule has 2 heterocycles. The number of aromatic amines is 1. The number of pyridine rings is 1. The van der Waals surface area contributed by atoms with Gasteiger partial charge in [-0.3, -0.25) is 10.1 Å². The number of nitrogens with one attached hydrogen (secondary N) is 1. The van der Waals surface area contributed by atoms with Crippen LogP contribution in [-0.4, -0.2) is 15.2 Å². The normalized spacial score (nSPS) is 10.8. The summed E-state index contributed by atoms with van der Waals surface area (Å²) in [7, 11) is 0. The fourth-order valence-corrected chi connectivity index (χ4v) is 1.31. The molecule has 0 saturated carbocycles. The van der Waals surface area contributed by atoms with E-state index < -0.39 is 0 Å². The molecule has 0 bridgehead atoms. The van der Waals surface area contributed by atoms with Crippen LogP contribution in [0, 0.1) is 0 Å². The van der Waals surface area contributed by atoms with Gasteiger partial charge in [-0.2, -0.15) is 5.10 Å². The van der Waals surface area contributed by atoms with Gasteiger partial charge in [0.05, 0.1) is 11.9 Å². The molecule has 3 heteroatoms. The van der Waals surface area contributed by atoms with Crippen LogP contribution in [0.2, 0.25) is 0 Å². The third-order valence-corrected chi connectivity index (χ3v) is 2.25. The average molecular weight is 187 g/mol. The maximum absolute atomic E-state index is 4.38. The Bertz CT molecular complexity index is 387. The predicted molar refractivity (Wildman–Crippen MR) is 55.9 cm³/mol. The number of rotatable bonds is 2. The van der Waals surface area contributed by atoms with Gasteiger partial charge in [0, 0.05) is 18.0 Å². The summed E-state index contributed by atoms with van der Waals surface area (Å²) in [5.41, 5.74) is 3.25. The summed E-state index contributed by atoms with van der Waals surface area (Å²) >= 11 is 0. The first kappa shape index (κ1) is 8.94. The molecule has 3 nitrogen and oxygen atoms in total. The second-order valence-electron chi connectivity index (χ2n) is 3.62. The molecule has 0 radical (unpaired) electrons. The van der Waals surface area contributed by atoms with Crippen molar-refractivity contribution < 1.29 is 0 Å². The van der Waals surface area contributed by atoms with Crippen molar-refractivity contribution in [2.75, 3.05) is 0 Å². The highest BCUT2D eigenvalue weighted by Crippen LogP contribution is 2.18. The first-order valence-electron chi connectivity index (χ1n) is 4.72. The van der Waals surface area contributed by atoms with E-state index in [-0.39, 0.29) is 0 Å². The summed E-state index contributed by atoms with van der Waals surface area (Å²) in [6.07, 6.45) is 5.54. The Hall–Kier alpha value is -1.64. The van der Waals surface area contributed by atoms with E-state index in [2.05, 4.69) is 35.1 Å². The number of nitrogens with zero attached hydrogens (tertiary/aromatic N) is 2. The highest BCUT2D eigenvalue weighted by Gasteiger charge is 2.02. The number of hydrogen-bond acceptors (Lipinski definition) is 2. The fraction of sp³-hybridized carbons (Fsp3) is 0.273. The molecule has 0 fully saturated rings. The summed E-state index contributed by atoms with van der Waals surface area (Å²) < 4.78 is 0. The maximum Gasteiger partial charge on any atom is 0.0733 e. The molecule has 0 unspecified atom stereocenters. The third-order valence-electron chi connectivity index (χ3n) is 2.25. The number of hydrogen-bond donors (Lipinski definition) is 1. The van der Waals surface area contributed by atoms with E-state index in [0.29, 0.717) is 5.92 Å². The molecule has 0 spiro atoms. The molecule has 0 aliphatic heterocycles. The van der Waals surface area contributed by atoms with Crippen LogP contribution in [-0.2, 0) is 0 Å². The summed E-state index contributed by atoms with van der Waals surface area (Å²) in [6, 6.07) is 4.14. The molecule has 0 aliphatic carbocycles. The van der Waals surface area contributed by atoms with Gasteiger partial charge in [-0.15, -0.1) is 0 Å². The molecular weight excluding hydrogens is 174 g/mol. The van der Waals surface area contributed by atoms with Crippen LogP contribution in [0.3, 0.4) is 0 Å². The first-order valence-corrected chi connectivity index (χ1v) is 4.72. The molecule has 2 aromatic rings. The second-order valence-corrected chi connectivity index (χ2v) is 3.62. The van der Waals surface area contributed by atoms with E-state index in [4.69, 9.17) is 0 Å². The Morgan fingerprint density at radius 2 is 2.07 bits per heavy atom. The van der Waals surface area contributed by atoms with Crippen molar-refractivity contribution in [1.82, 2.24) is 15.2 Å². The van der Waals surface area contributed by atoms with Crippen molar-refractivity contribution in [2.45, 2.75) is 19.8 Å². The van der Waals surface area contributed by atoms with Crippen LogP contribution in [0.5, 0.6) is 0 Å². The van der Waals surface area contributed by atoms with E-state index in [9.17, 15) is 0 Å². The van der Waals surface area contributed by atoms with Gasteiger partial charge in [-0.1, -0.05) is 19.9 Å². The molecule has 0 aliphatic rings. The van der Waals surface area contributed by atoms with Gasteiger partial charge in [0.15, 0.2) is 0 Å². The van der Waals surface area contributed by atoms with Crippen LogP contribution in [0.4, 0.5) is 0 Å².